The zero-order valence-corrected chi connectivity index (χ0v) is 32.8. The van der Waals surface area contributed by atoms with Crippen LogP contribution in [0, 0.1) is 11.3 Å². The number of rotatable bonds is 5. The molecule has 12 rings (SSSR count). The maximum atomic E-state index is 9.66. The van der Waals surface area contributed by atoms with Crippen LogP contribution in [0.3, 0.4) is 0 Å². The van der Waals surface area contributed by atoms with Crippen molar-refractivity contribution in [1.82, 2.24) is 4.57 Å². The summed E-state index contributed by atoms with van der Waals surface area (Å²) in [6.07, 6.45) is 7.06. The minimum absolute atomic E-state index is 0.133. The summed E-state index contributed by atoms with van der Waals surface area (Å²) in [5.74, 6) is 0.189. The molecule has 0 amide bonds. The predicted octanol–water partition coefficient (Wildman–Crippen LogP) is 14.6. The van der Waals surface area contributed by atoms with Crippen molar-refractivity contribution in [2.75, 3.05) is 4.90 Å². The first-order valence-corrected chi connectivity index (χ1v) is 21.0. The van der Waals surface area contributed by atoms with Crippen molar-refractivity contribution < 1.29 is 0 Å². The molecule has 1 aliphatic carbocycles. The summed E-state index contributed by atoms with van der Waals surface area (Å²) in [5, 5.41) is 14.8. The van der Waals surface area contributed by atoms with Gasteiger partial charge in [0.2, 0.25) is 0 Å². The number of anilines is 2. The average Bonchev–Trinajstić information content (AvgIpc) is 3.96. The minimum atomic E-state index is 0.133. The second kappa shape index (κ2) is 13.3. The number of hydrogen-bond donors (Lipinski definition) is 0. The van der Waals surface area contributed by atoms with Crippen molar-refractivity contribution in [3.63, 3.8) is 0 Å². The van der Waals surface area contributed by atoms with Gasteiger partial charge in [-0.1, -0.05) is 127 Å². The van der Waals surface area contributed by atoms with Gasteiger partial charge in [0.05, 0.1) is 28.7 Å². The molecule has 2 aliphatic rings. The standard InChI is InChI=1S/C55H35N3S/c56-34-35-11-8-16-42(29-35)58-50-21-6-4-17-44(50)47-31-38(23-26-51(47)58)36-12-9-13-37(30-36)39-24-27-52-48(32-39)49-33-40(25-28-53(49)57(52)41-14-2-1-3-15-41)43-19-10-20-46-45-18-5-7-22-54(45)59-55(43)46/h1-33,47,51H. The Morgan fingerprint density at radius 1 is 0.525 bits per heavy atom. The number of nitrogens with zero attached hydrogens (tertiary/aromatic N) is 3. The van der Waals surface area contributed by atoms with Crippen molar-refractivity contribution in [2.45, 2.75) is 12.0 Å². The third-order valence-electron chi connectivity index (χ3n) is 12.3. The Hall–Kier alpha value is -7.45. The molecule has 0 fully saturated rings. The SMILES string of the molecule is N#Cc1cccc(N2c3ccccc3C3C=C(c4cccc(-c5ccc6c(c5)c5cc(-c7cccc8c7sc7ccccc78)ccc5n6-c5ccccc5)c4)C=CC32)c1. The molecule has 2 aromatic heterocycles. The largest absolute Gasteiger partial charge is 0.333 e. The highest BCUT2D eigenvalue weighted by Crippen LogP contribution is 2.49. The number of aromatic nitrogens is 1. The lowest BCUT2D eigenvalue weighted by atomic mass is 9.85. The van der Waals surface area contributed by atoms with Crippen LogP contribution >= 0.6 is 11.3 Å². The summed E-state index contributed by atoms with van der Waals surface area (Å²) in [5.41, 5.74) is 15.1. The Bertz CT molecular complexity index is 3430. The van der Waals surface area contributed by atoms with Gasteiger partial charge in [0.15, 0.2) is 0 Å². The first kappa shape index (κ1) is 33.7. The van der Waals surface area contributed by atoms with Crippen molar-refractivity contribution in [3.8, 4) is 34.0 Å². The number of nitriles is 1. The molecular weight excluding hydrogens is 735 g/mol. The topological polar surface area (TPSA) is 32.0 Å². The molecule has 0 bridgehead atoms. The normalized spacial score (nSPS) is 15.8. The lowest BCUT2D eigenvalue weighted by Crippen LogP contribution is -2.29. The van der Waals surface area contributed by atoms with Crippen LogP contribution in [0.5, 0.6) is 0 Å². The van der Waals surface area contributed by atoms with Gasteiger partial charge in [-0.05, 0) is 112 Å². The van der Waals surface area contributed by atoms with Crippen molar-refractivity contribution in [1.29, 1.82) is 5.26 Å². The number of hydrogen-bond acceptors (Lipinski definition) is 3. The van der Waals surface area contributed by atoms with E-state index in [0.29, 0.717) is 5.56 Å². The molecule has 59 heavy (non-hydrogen) atoms. The van der Waals surface area contributed by atoms with Gasteiger partial charge in [0, 0.05) is 53.9 Å². The zero-order valence-electron chi connectivity index (χ0n) is 32.0. The van der Waals surface area contributed by atoms with E-state index in [2.05, 4.69) is 198 Å². The van der Waals surface area contributed by atoms with E-state index >= 15 is 0 Å². The number of fused-ring (bicyclic) bond motifs is 9. The number of benzene rings is 8. The lowest BCUT2D eigenvalue weighted by molar-refractivity contribution is 0.747. The van der Waals surface area contributed by atoms with Gasteiger partial charge in [0.25, 0.3) is 0 Å². The molecule has 0 saturated heterocycles. The van der Waals surface area contributed by atoms with E-state index in [0.717, 1.165) is 11.4 Å². The quantitative estimate of drug-likeness (QED) is 0.175. The second-order valence-corrected chi connectivity index (χ2v) is 16.6. The van der Waals surface area contributed by atoms with Crippen LogP contribution in [-0.4, -0.2) is 10.6 Å². The maximum absolute atomic E-state index is 9.66. The minimum Gasteiger partial charge on any atom is -0.333 e. The average molecular weight is 770 g/mol. The summed E-state index contributed by atoms with van der Waals surface area (Å²) in [4.78, 5) is 2.39. The van der Waals surface area contributed by atoms with Gasteiger partial charge in [-0.25, -0.2) is 0 Å². The monoisotopic (exact) mass is 769 g/mol. The van der Waals surface area contributed by atoms with E-state index in [1.165, 1.54) is 86.6 Å². The van der Waals surface area contributed by atoms with E-state index in [1.54, 1.807) is 0 Å². The number of para-hydroxylation sites is 2. The molecule has 8 aromatic carbocycles. The highest BCUT2D eigenvalue weighted by molar-refractivity contribution is 7.26. The van der Waals surface area contributed by atoms with Gasteiger partial charge in [-0.2, -0.15) is 5.26 Å². The summed E-state index contributed by atoms with van der Waals surface area (Å²) in [6, 6.07) is 68.3. The lowest BCUT2D eigenvalue weighted by Gasteiger charge is -2.30. The molecule has 4 heteroatoms. The highest BCUT2D eigenvalue weighted by atomic mass is 32.1. The van der Waals surface area contributed by atoms with Crippen LogP contribution in [0.25, 0.3) is 75.5 Å². The fourth-order valence-electron chi connectivity index (χ4n) is 9.65. The van der Waals surface area contributed by atoms with Crippen LogP contribution in [0.4, 0.5) is 11.4 Å². The first-order chi connectivity index (χ1) is 29.2. The van der Waals surface area contributed by atoms with Gasteiger partial charge in [-0.15, -0.1) is 11.3 Å². The molecule has 2 unspecified atom stereocenters. The molecule has 10 aromatic rings. The number of thiophene rings is 1. The van der Waals surface area contributed by atoms with E-state index in [1.807, 2.05) is 29.5 Å². The van der Waals surface area contributed by atoms with Crippen LogP contribution in [-0.2, 0) is 0 Å². The third kappa shape index (κ3) is 5.33. The molecule has 0 spiro atoms. The van der Waals surface area contributed by atoms with E-state index in [-0.39, 0.29) is 12.0 Å². The smallest absolute Gasteiger partial charge is 0.0992 e. The summed E-state index contributed by atoms with van der Waals surface area (Å²) < 4.78 is 5.05. The molecule has 2 atom stereocenters. The molecular formula is C55H35N3S. The molecule has 3 nitrogen and oxygen atoms in total. The molecule has 0 N–H and O–H groups in total. The van der Waals surface area contributed by atoms with Gasteiger partial charge >= 0.3 is 0 Å². The van der Waals surface area contributed by atoms with Gasteiger partial charge < -0.3 is 9.47 Å². The van der Waals surface area contributed by atoms with E-state index in [9.17, 15) is 5.26 Å². The highest BCUT2D eigenvalue weighted by Gasteiger charge is 2.38. The Balaban J connectivity index is 0.964. The van der Waals surface area contributed by atoms with Gasteiger partial charge in [0.1, 0.15) is 0 Å². The van der Waals surface area contributed by atoms with Crippen molar-refractivity contribution in [2.24, 2.45) is 0 Å². The van der Waals surface area contributed by atoms with E-state index < -0.39 is 0 Å². The molecule has 276 valence electrons. The Labute approximate surface area is 346 Å². The fourth-order valence-corrected chi connectivity index (χ4v) is 10.9. The van der Waals surface area contributed by atoms with Crippen LogP contribution < -0.4 is 4.90 Å². The summed E-state index contributed by atoms with van der Waals surface area (Å²) in [7, 11) is 0. The fraction of sp³-hybridized carbons (Fsp3) is 0.0364. The second-order valence-electron chi connectivity index (χ2n) is 15.6. The van der Waals surface area contributed by atoms with Crippen LogP contribution in [0.1, 0.15) is 22.6 Å². The molecule has 0 radical (unpaired) electrons. The number of allylic oxidation sites excluding steroid dienone is 2. The van der Waals surface area contributed by atoms with Crippen molar-refractivity contribution >= 4 is 70.3 Å². The molecule has 3 heterocycles. The predicted molar refractivity (Wildman–Crippen MR) is 248 cm³/mol. The van der Waals surface area contributed by atoms with Gasteiger partial charge in [-0.3, -0.25) is 0 Å². The summed E-state index contributed by atoms with van der Waals surface area (Å²) in [6.45, 7) is 0. The van der Waals surface area contributed by atoms with Crippen LogP contribution in [0.2, 0.25) is 0 Å². The maximum Gasteiger partial charge on any atom is 0.0992 e. The third-order valence-corrected chi connectivity index (χ3v) is 13.6. The molecule has 0 saturated carbocycles. The summed E-state index contributed by atoms with van der Waals surface area (Å²) >= 11 is 1.88. The van der Waals surface area contributed by atoms with Crippen molar-refractivity contribution in [3.05, 3.63) is 217 Å². The first-order valence-electron chi connectivity index (χ1n) is 20.1. The molecule has 1 aliphatic heterocycles. The van der Waals surface area contributed by atoms with E-state index in [4.69, 9.17) is 0 Å². The Kier molecular flexibility index (Phi) is 7.60. The van der Waals surface area contributed by atoms with Crippen LogP contribution in [0.15, 0.2) is 200 Å². The zero-order chi connectivity index (χ0) is 39.0. The Morgan fingerprint density at radius 3 is 2.10 bits per heavy atom. The Morgan fingerprint density at radius 2 is 1.22 bits per heavy atom.